The number of alkyl halides is 6. The Hall–Kier alpha value is -2.52. The zero-order valence-electron chi connectivity index (χ0n) is 14.5. The van der Waals surface area contributed by atoms with Crippen molar-refractivity contribution in [2.24, 2.45) is 0 Å². The Morgan fingerprint density at radius 3 is 2.17 bits per heavy atom. The van der Waals surface area contributed by atoms with Gasteiger partial charge in [0.25, 0.3) is 0 Å². The first-order valence-electron chi connectivity index (χ1n) is 7.89. The fourth-order valence-electron chi connectivity index (χ4n) is 2.60. The highest BCUT2D eigenvalue weighted by Gasteiger charge is 2.40. The van der Waals surface area contributed by atoms with E-state index in [1.807, 2.05) is 0 Å². The number of hydrogen-bond donors (Lipinski definition) is 1. The summed E-state index contributed by atoms with van der Waals surface area (Å²) < 4.78 is 79.9. The quantitative estimate of drug-likeness (QED) is 0.382. The van der Waals surface area contributed by atoms with Crippen molar-refractivity contribution >= 4 is 41.5 Å². The van der Waals surface area contributed by atoms with E-state index in [4.69, 9.17) is 28.3 Å². The molecule has 3 nitrogen and oxygen atoms in total. The number of benzene rings is 2. The molecule has 0 aliphatic rings. The largest absolute Gasteiger partial charge is 0.478 e. The number of halogens is 8. The van der Waals surface area contributed by atoms with Crippen LogP contribution in [-0.4, -0.2) is 23.5 Å². The van der Waals surface area contributed by atoms with Crippen LogP contribution in [-0.2, 0) is 6.18 Å². The van der Waals surface area contributed by atoms with Crippen molar-refractivity contribution in [2.45, 2.75) is 18.3 Å². The Morgan fingerprint density at radius 1 is 1.03 bits per heavy atom. The maximum Gasteiger partial charge on any atom is 0.417 e. The summed E-state index contributed by atoms with van der Waals surface area (Å²) in [6, 6.07) is 3.79. The third-order valence-corrected chi connectivity index (χ3v) is 4.79. The van der Waals surface area contributed by atoms with Gasteiger partial charge in [-0.1, -0.05) is 41.4 Å². The molecule has 2 rings (SSSR count). The van der Waals surface area contributed by atoms with Crippen LogP contribution < -0.4 is 0 Å². The van der Waals surface area contributed by atoms with Crippen LogP contribution in [0.3, 0.4) is 0 Å². The van der Waals surface area contributed by atoms with Crippen LogP contribution >= 0.6 is 23.2 Å². The minimum Gasteiger partial charge on any atom is -0.478 e. The molecule has 2 aromatic carbocycles. The number of carbonyl (C=O) groups excluding carboxylic acids is 1. The lowest BCUT2D eigenvalue weighted by Gasteiger charge is -2.19. The molecule has 160 valence electrons. The van der Waals surface area contributed by atoms with Crippen molar-refractivity contribution < 1.29 is 41.0 Å². The molecule has 0 amide bonds. The highest BCUT2D eigenvalue weighted by Crippen LogP contribution is 2.40. The second kappa shape index (κ2) is 8.69. The average molecular weight is 471 g/mol. The first kappa shape index (κ1) is 23.8. The van der Waals surface area contributed by atoms with Gasteiger partial charge in [-0.2, -0.15) is 26.3 Å². The molecular weight excluding hydrogens is 461 g/mol. The van der Waals surface area contributed by atoms with E-state index in [1.165, 1.54) is 0 Å². The lowest BCUT2D eigenvalue weighted by atomic mass is 9.95. The maximum absolute atomic E-state index is 13.5. The molecule has 1 N–H and O–H groups in total. The van der Waals surface area contributed by atoms with Gasteiger partial charge in [-0.15, -0.1) is 0 Å². The molecule has 0 radical (unpaired) electrons. The van der Waals surface area contributed by atoms with Crippen LogP contribution in [0.15, 0.2) is 36.4 Å². The monoisotopic (exact) mass is 470 g/mol. The van der Waals surface area contributed by atoms with Crippen LogP contribution in [0.25, 0.3) is 6.08 Å². The normalized spacial score (nSPS) is 13.5. The van der Waals surface area contributed by atoms with Gasteiger partial charge in [0.05, 0.1) is 27.1 Å². The molecule has 1 unspecified atom stereocenters. The number of carboxylic acid groups (broad SMARTS) is 1. The van der Waals surface area contributed by atoms with Crippen molar-refractivity contribution in [1.82, 2.24) is 0 Å². The number of rotatable bonds is 5. The molecule has 0 saturated carbocycles. The van der Waals surface area contributed by atoms with Gasteiger partial charge in [0.2, 0.25) is 0 Å². The number of aromatic carboxylic acids is 1. The highest BCUT2D eigenvalue weighted by atomic mass is 35.5. The summed E-state index contributed by atoms with van der Waals surface area (Å²) in [5, 5.41) is 8.33. The first-order valence-corrected chi connectivity index (χ1v) is 8.65. The third-order valence-electron chi connectivity index (χ3n) is 3.98. The Bertz CT molecular complexity index is 1010. The van der Waals surface area contributed by atoms with Gasteiger partial charge in [-0.25, -0.2) is 4.79 Å². The lowest BCUT2D eigenvalue weighted by Crippen LogP contribution is -2.19. The minimum atomic E-state index is -5.02. The first-order chi connectivity index (χ1) is 13.8. The van der Waals surface area contributed by atoms with Gasteiger partial charge in [0.1, 0.15) is 0 Å². The van der Waals surface area contributed by atoms with Crippen LogP contribution in [0.4, 0.5) is 26.3 Å². The average Bonchev–Trinajstić information content (AvgIpc) is 2.62. The highest BCUT2D eigenvalue weighted by molar-refractivity contribution is 6.43. The zero-order valence-corrected chi connectivity index (χ0v) is 16.0. The second-order valence-corrected chi connectivity index (χ2v) is 6.80. The molecule has 0 aromatic heterocycles. The van der Waals surface area contributed by atoms with E-state index in [1.54, 1.807) is 0 Å². The Labute approximate surface area is 175 Å². The number of carbonyl (C=O) groups is 2. The topological polar surface area (TPSA) is 54.4 Å². The van der Waals surface area contributed by atoms with Crippen molar-refractivity contribution in [2.75, 3.05) is 0 Å². The van der Waals surface area contributed by atoms with Gasteiger partial charge in [-0.05, 0) is 35.4 Å². The molecule has 30 heavy (non-hydrogen) atoms. The summed E-state index contributed by atoms with van der Waals surface area (Å²) in [5.74, 6) is -4.15. The number of hydrogen-bond acceptors (Lipinski definition) is 2. The Morgan fingerprint density at radius 2 is 1.67 bits per heavy atom. The molecular formula is C19H10Cl2F6O3. The second-order valence-electron chi connectivity index (χ2n) is 6.01. The van der Waals surface area contributed by atoms with Crippen LogP contribution in [0, 0.1) is 0 Å². The molecule has 0 fully saturated rings. The van der Waals surface area contributed by atoms with E-state index in [2.05, 4.69) is 0 Å². The van der Waals surface area contributed by atoms with Crippen molar-refractivity contribution in [1.29, 1.82) is 0 Å². The number of allylic oxidation sites excluding steroid dienone is 1. The van der Waals surface area contributed by atoms with E-state index in [-0.39, 0.29) is 27.5 Å². The van der Waals surface area contributed by atoms with E-state index in [0.717, 1.165) is 24.3 Å². The summed E-state index contributed by atoms with van der Waals surface area (Å²) in [5.41, 5.74) is -3.58. The molecule has 0 aliphatic carbocycles. The van der Waals surface area contributed by atoms with Crippen molar-refractivity contribution in [3.8, 4) is 0 Å². The van der Waals surface area contributed by atoms with Crippen LogP contribution in [0.1, 0.15) is 43.3 Å². The SMILES string of the molecule is O=Cc1cc(C(/C=C/c2ccc(C(=O)O)c(C(F)(F)F)c2)C(F)(F)F)cc(Cl)c1Cl. The fourth-order valence-corrected chi connectivity index (χ4v) is 2.99. The van der Waals surface area contributed by atoms with Gasteiger partial charge >= 0.3 is 18.3 Å². The molecule has 0 aliphatic heterocycles. The molecule has 2 aromatic rings. The summed E-state index contributed by atoms with van der Waals surface area (Å²) in [6.45, 7) is 0. The summed E-state index contributed by atoms with van der Waals surface area (Å²) >= 11 is 11.5. The van der Waals surface area contributed by atoms with E-state index < -0.39 is 40.9 Å². The zero-order chi connectivity index (χ0) is 22.9. The van der Waals surface area contributed by atoms with Gasteiger partial charge < -0.3 is 5.11 Å². The molecule has 0 saturated heterocycles. The molecule has 0 spiro atoms. The van der Waals surface area contributed by atoms with Crippen LogP contribution in [0.5, 0.6) is 0 Å². The van der Waals surface area contributed by atoms with Gasteiger partial charge in [0.15, 0.2) is 6.29 Å². The van der Waals surface area contributed by atoms with E-state index in [9.17, 15) is 35.9 Å². The van der Waals surface area contributed by atoms with E-state index in [0.29, 0.717) is 18.2 Å². The number of carboxylic acids is 1. The molecule has 11 heteroatoms. The summed E-state index contributed by atoms with van der Waals surface area (Å²) in [6.07, 6.45) is -8.34. The van der Waals surface area contributed by atoms with Crippen LogP contribution in [0.2, 0.25) is 10.0 Å². The minimum absolute atomic E-state index is 0.217. The Kier molecular flexibility index (Phi) is 6.88. The summed E-state index contributed by atoms with van der Waals surface area (Å²) in [7, 11) is 0. The predicted molar refractivity (Wildman–Crippen MR) is 98.1 cm³/mol. The summed E-state index contributed by atoms with van der Waals surface area (Å²) in [4.78, 5) is 22.0. The maximum atomic E-state index is 13.5. The smallest absolute Gasteiger partial charge is 0.417 e. The standard InChI is InChI=1S/C19H10Cl2F6O3/c20-15-7-10(6-11(8-28)16(15)21)13(18(22,23)24)4-2-9-1-3-12(17(29)30)14(5-9)19(25,26)27/h1-8,13H,(H,29,30)/b4-2+. The number of aldehydes is 1. The Balaban J connectivity index is 2.55. The van der Waals surface area contributed by atoms with Crippen molar-refractivity contribution in [3.63, 3.8) is 0 Å². The third kappa shape index (κ3) is 5.34. The van der Waals surface area contributed by atoms with Crippen molar-refractivity contribution in [3.05, 3.63) is 74.3 Å². The predicted octanol–water partition coefficient (Wildman–Crippen LogP) is 6.88. The fraction of sp³-hybridized carbons (Fsp3) is 0.158. The van der Waals surface area contributed by atoms with Gasteiger partial charge in [0, 0.05) is 5.56 Å². The molecule has 0 heterocycles. The van der Waals surface area contributed by atoms with E-state index >= 15 is 0 Å². The lowest BCUT2D eigenvalue weighted by molar-refractivity contribution is -0.139. The molecule has 1 atom stereocenters. The molecule has 0 bridgehead atoms. The van der Waals surface area contributed by atoms with Gasteiger partial charge in [-0.3, -0.25) is 4.79 Å².